The lowest BCUT2D eigenvalue weighted by Gasteiger charge is -2.08. The molecule has 0 fully saturated rings. The van der Waals surface area contributed by atoms with Gasteiger partial charge in [0, 0.05) is 21.2 Å². The summed E-state index contributed by atoms with van der Waals surface area (Å²) in [6.45, 7) is -0.270. The van der Waals surface area contributed by atoms with Crippen molar-refractivity contribution in [3.8, 4) is 5.75 Å². The highest BCUT2D eigenvalue weighted by Crippen LogP contribution is 2.16. The van der Waals surface area contributed by atoms with Crippen LogP contribution in [0.25, 0.3) is 0 Å². The van der Waals surface area contributed by atoms with E-state index in [1.165, 1.54) is 0 Å². The van der Waals surface area contributed by atoms with E-state index in [2.05, 4.69) is 5.16 Å². The highest BCUT2D eigenvalue weighted by atomic mass is 35.5. The molecule has 0 spiro atoms. The van der Waals surface area contributed by atoms with Gasteiger partial charge in [-0.1, -0.05) is 70.8 Å². The average molecular weight is 400 g/mol. The fraction of sp³-hybridized carbons (Fsp3) is 0.0476. The van der Waals surface area contributed by atoms with Crippen LogP contribution in [0.1, 0.15) is 11.1 Å². The van der Waals surface area contributed by atoms with Crippen molar-refractivity contribution in [2.75, 3.05) is 6.61 Å². The molecule has 0 saturated heterocycles. The molecule has 0 aliphatic carbocycles. The van der Waals surface area contributed by atoms with E-state index >= 15 is 0 Å². The van der Waals surface area contributed by atoms with Gasteiger partial charge in [-0.25, -0.2) is 4.79 Å². The Morgan fingerprint density at radius 3 is 1.96 bits per heavy atom. The standard InChI is InChI=1S/C21H15Cl2NO3/c22-17-8-6-16(7-9-17)21(15-4-2-1-3-5-15)24-27-20(25)14-26-19-12-10-18(23)11-13-19/h1-13H,14H2/b24-21-. The molecule has 3 aromatic carbocycles. The minimum atomic E-state index is -0.618. The van der Waals surface area contributed by atoms with Gasteiger partial charge in [0.15, 0.2) is 6.61 Å². The molecule has 0 aliphatic rings. The van der Waals surface area contributed by atoms with Gasteiger partial charge in [0.2, 0.25) is 0 Å². The highest BCUT2D eigenvalue weighted by molar-refractivity contribution is 6.31. The molecular weight excluding hydrogens is 385 g/mol. The Morgan fingerprint density at radius 2 is 1.33 bits per heavy atom. The lowest BCUT2D eigenvalue weighted by Crippen LogP contribution is -2.14. The predicted octanol–water partition coefficient (Wildman–Crippen LogP) is 5.37. The molecule has 6 heteroatoms. The molecule has 3 rings (SSSR count). The molecule has 0 amide bonds. The van der Waals surface area contributed by atoms with Crippen LogP contribution in [0.15, 0.2) is 84.0 Å². The summed E-state index contributed by atoms with van der Waals surface area (Å²) >= 11 is 11.8. The molecule has 0 unspecified atom stereocenters. The quantitative estimate of drug-likeness (QED) is 0.318. The third kappa shape index (κ3) is 5.58. The minimum absolute atomic E-state index is 0.270. The topological polar surface area (TPSA) is 47.9 Å². The maximum atomic E-state index is 12.0. The van der Waals surface area contributed by atoms with E-state index in [-0.39, 0.29) is 6.61 Å². The maximum absolute atomic E-state index is 12.0. The van der Waals surface area contributed by atoms with Gasteiger partial charge < -0.3 is 9.57 Å². The average Bonchev–Trinajstić information content (AvgIpc) is 2.70. The first-order valence-corrected chi connectivity index (χ1v) is 8.85. The Labute approximate surface area is 166 Å². The first-order chi connectivity index (χ1) is 13.1. The molecule has 0 aliphatic heterocycles. The summed E-state index contributed by atoms with van der Waals surface area (Å²) < 4.78 is 5.36. The van der Waals surface area contributed by atoms with Gasteiger partial charge in [-0.3, -0.25) is 0 Å². The summed E-state index contributed by atoms with van der Waals surface area (Å²) in [5.74, 6) is -0.103. The smallest absolute Gasteiger partial charge is 0.372 e. The van der Waals surface area contributed by atoms with Gasteiger partial charge >= 0.3 is 5.97 Å². The van der Waals surface area contributed by atoms with Crippen LogP contribution < -0.4 is 4.74 Å². The predicted molar refractivity (Wildman–Crippen MR) is 107 cm³/mol. The third-order valence-corrected chi connectivity index (χ3v) is 4.08. The third-order valence-electron chi connectivity index (χ3n) is 3.57. The van der Waals surface area contributed by atoms with Crippen LogP contribution >= 0.6 is 23.2 Å². The van der Waals surface area contributed by atoms with Crippen LogP contribution in [0, 0.1) is 0 Å². The van der Waals surface area contributed by atoms with Crippen LogP contribution in [0.5, 0.6) is 5.75 Å². The molecule has 0 N–H and O–H groups in total. The Balaban J connectivity index is 1.72. The zero-order chi connectivity index (χ0) is 19.1. The zero-order valence-corrected chi connectivity index (χ0v) is 15.7. The molecule has 0 atom stereocenters. The summed E-state index contributed by atoms with van der Waals surface area (Å²) in [5.41, 5.74) is 2.11. The van der Waals surface area contributed by atoms with E-state index in [0.717, 1.165) is 11.1 Å². The Hall–Kier alpha value is -2.82. The summed E-state index contributed by atoms with van der Waals surface area (Å²) in [4.78, 5) is 17.1. The molecule has 0 heterocycles. The number of oxime groups is 1. The van der Waals surface area contributed by atoms with Crippen LogP contribution in [-0.4, -0.2) is 18.3 Å². The zero-order valence-electron chi connectivity index (χ0n) is 14.1. The lowest BCUT2D eigenvalue weighted by molar-refractivity contribution is -0.146. The van der Waals surface area contributed by atoms with E-state index in [1.807, 2.05) is 42.5 Å². The first-order valence-electron chi connectivity index (χ1n) is 8.09. The number of halogens is 2. The molecule has 4 nitrogen and oxygen atoms in total. The molecule has 136 valence electrons. The van der Waals surface area contributed by atoms with Crippen molar-refractivity contribution in [2.24, 2.45) is 5.16 Å². The van der Waals surface area contributed by atoms with Crippen molar-refractivity contribution >= 4 is 34.9 Å². The minimum Gasteiger partial charge on any atom is -0.482 e. The van der Waals surface area contributed by atoms with E-state index in [4.69, 9.17) is 32.8 Å². The number of ether oxygens (including phenoxy) is 1. The van der Waals surface area contributed by atoms with Crippen molar-refractivity contribution in [1.82, 2.24) is 0 Å². The van der Waals surface area contributed by atoms with Crippen LogP contribution in [0.2, 0.25) is 10.0 Å². The van der Waals surface area contributed by atoms with Gasteiger partial charge in [-0.05, 0) is 36.4 Å². The Morgan fingerprint density at radius 1 is 0.778 bits per heavy atom. The van der Waals surface area contributed by atoms with Gasteiger partial charge in [-0.2, -0.15) is 0 Å². The van der Waals surface area contributed by atoms with Crippen LogP contribution in [0.3, 0.4) is 0 Å². The number of nitrogens with zero attached hydrogens (tertiary/aromatic N) is 1. The van der Waals surface area contributed by atoms with Crippen molar-refractivity contribution in [3.63, 3.8) is 0 Å². The Kier molecular flexibility index (Phi) is 6.47. The SMILES string of the molecule is O=C(COc1ccc(Cl)cc1)O/N=C(/c1ccccc1)c1ccc(Cl)cc1. The summed E-state index contributed by atoms with van der Waals surface area (Å²) in [6.07, 6.45) is 0. The second-order valence-electron chi connectivity index (χ2n) is 5.52. The number of hydrogen-bond donors (Lipinski definition) is 0. The second-order valence-corrected chi connectivity index (χ2v) is 6.39. The van der Waals surface area contributed by atoms with Crippen molar-refractivity contribution < 1.29 is 14.4 Å². The lowest BCUT2D eigenvalue weighted by atomic mass is 10.0. The van der Waals surface area contributed by atoms with Crippen LogP contribution in [0.4, 0.5) is 0 Å². The van der Waals surface area contributed by atoms with E-state index in [0.29, 0.717) is 21.5 Å². The van der Waals surface area contributed by atoms with Crippen molar-refractivity contribution in [1.29, 1.82) is 0 Å². The number of benzene rings is 3. The van der Waals surface area contributed by atoms with E-state index < -0.39 is 5.97 Å². The summed E-state index contributed by atoms with van der Waals surface area (Å²) in [7, 11) is 0. The van der Waals surface area contributed by atoms with Gasteiger partial charge in [0.25, 0.3) is 0 Å². The fourth-order valence-corrected chi connectivity index (χ4v) is 2.52. The second kappa shape index (κ2) is 9.21. The monoisotopic (exact) mass is 399 g/mol. The molecule has 3 aromatic rings. The number of carbonyl (C=O) groups excluding carboxylic acids is 1. The van der Waals surface area contributed by atoms with E-state index in [1.54, 1.807) is 36.4 Å². The maximum Gasteiger partial charge on any atom is 0.372 e. The molecule has 27 heavy (non-hydrogen) atoms. The molecule has 0 bridgehead atoms. The van der Waals surface area contributed by atoms with Crippen LogP contribution in [-0.2, 0) is 9.63 Å². The van der Waals surface area contributed by atoms with Crippen molar-refractivity contribution in [3.05, 3.63) is 100 Å². The Bertz CT molecular complexity index is 924. The molecule has 0 aromatic heterocycles. The normalized spacial score (nSPS) is 11.1. The van der Waals surface area contributed by atoms with E-state index in [9.17, 15) is 4.79 Å². The number of hydrogen-bond acceptors (Lipinski definition) is 4. The molecule has 0 radical (unpaired) electrons. The number of rotatable bonds is 6. The summed E-state index contributed by atoms with van der Waals surface area (Å²) in [5, 5.41) is 5.24. The van der Waals surface area contributed by atoms with Gasteiger partial charge in [0.05, 0.1) is 0 Å². The molecule has 0 saturated carbocycles. The van der Waals surface area contributed by atoms with Crippen molar-refractivity contribution in [2.45, 2.75) is 0 Å². The number of carbonyl (C=O) groups is 1. The first kappa shape index (κ1) is 19.0. The fourth-order valence-electron chi connectivity index (χ4n) is 2.27. The summed E-state index contributed by atoms with van der Waals surface area (Å²) in [6, 6.07) is 23.2. The molecular formula is C21H15Cl2NO3. The van der Waals surface area contributed by atoms with Gasteiger partial charge in [0.1, 0.15) is 11.5 Å². The largest absolute Gasteiger partial charge is 0.482 e. The highest BCUT2D eigenvalue weighted by Gasteiger charge is 2.10. The van der Waals surface area contributed by atoms with Gasteiger partial charge in [-0.15, -0.1) is 0 Å².